The summed E-state index contributed by atoms with van der Waals surface area (Å²) in [5, 5.41) is 5.92. The van der Waals surface area contributed by atoms with Crippen molar-refractivity contribution in [2.75, 3.05) is 23.0 Å². The van der Waals surface area contributed by atoms with Gasteiger partial charge in [0.05, 0.1) is 12.1 Å². The van der Waals surface area contributed by atoms with Crippen molar-refractivity contribution in [3.63, 3.8) is 0 Å². The first-order chi connectivity index (χ1) is 15.6. The van der Waals surface area contributed by atoms with Crippen molar-refractivity contribution in [1.29, 1.82) is 0 Å². The average Bonchev–Trinajstić information content (AvgIpc) is 3.44. The van der Waals surface area contributed by atoms with Crippen LogP contribution in [0.3, 0.4) is 0 Å². The molecule has 0 bridgehead atoms. The van der Waals surface area contributed by atoms with Crippen LogP contribution < -0.4 is 10.6 Å². The lowest BCUT2D eigenvalue weighted by molar-refractivity contribution is 0.0873. The second kappa shape index (κ2) is 11.3. The van der Waals surface area contributed by atoms with Crippen molar-refractivity contribution >= 4 is 46.7 Å². The largest absolute Gasteiger partial charge is 0.346 e. The van der Waals surface area contributed by atoms with E-state index in [0.29, 0.717) is 34.1 Å². The number of carbonyl (C=O) groups excluding carboxylic acids is 2. The SMILES string of the molecule is O=C(N[C@H]1CSC[C@@H]1OS(=O)O[C@@H]1CSC[C@@H]1NC(=O)c1ccccc1)c1ccccc1. The molecule has 2 N–H and O–H groups in total. The van der Waals surface area contributed by atoms with Crippen LogP contribution in [-0.4, -0.2) is 63.3 Å². The van der Waals surface area contributed by atoms with Crippen molar-refractivity contribution in [2.24, 2.45) is 0 Å². The zero-order valence-electron chi connectivity index (χ0n) is 17.2. The lowest BCUT2D eigenvalue weighted by Gasteiger charge is -2.22. The fraction of sp³-hybridized carbons (Fsp3) is 0.364. The van der Waals surface area contributed by atoms with Gasteiger partial charge in [-0.15, -0.1) is 0 Å². The van der Waals surface area contributed by atoms with Crippen LogP contribution in [0.4, 0.5) is 0 Å². The molecule has 0 saturated carbocycles. The molecule has 2 aliphatic heterocycles. The van der Waals surface area contributed by atoms with E-state index < -0.39 is 23.6 Å². The molecule has 0 spiro atoms. The number of nitrogens with one attached hydrogen (secondary N) is 2. The Bertz CT molecular complexity index is 872. The Morgan fingerprint density at radius 3 is 1.53 bits per heavy atom. The third-order valence-electron chi connectivity index (χ3n) is 5.17. The Morgan fingerprint density at radius 2 is 1.12 bits per heavy atom. The van der Waals surface area contributed by atoms with Gasteiger partial charge in [-0.25, -0.2) is 0 Å². The number of benzene rings is 2. The van der Waals surface area contributed by atoms with E-state index in [1.807, 2.05) is 36.4 Å². The standard InChI is InChI=1S/C22H24N2O5S3/c25-21(15-7-3-1-4-8-15)23-17-11-30-13-19(17)28-32(27)29-20-14-31-12-18(20)24-22(26)16-9-5-2-6-10-16/h1-10,17-20H,11-14H2,(H,23,25)(H,24,26)/t17-,18-,19-,20+,32?/m0/s1. The highest BCUT2D eigenvalue weighted by atomic mass is 32.2. The van der Waals surface area contributed by atoms with Gasteiger partial charge in [-0.3, -0.25) is 18.0 Å². The maximum atomic E-state index is 12.6. The summed E-state index contributed by atoms with van der Waals surface area (Å²) in [5.41, 5.74) is 1.14. The topological polar surface area (TPSA) is 93.7 Å². The number of thioether (sulfide) groups is 2. The van der Waals surface area contributed by atoms with Gasteiger partial charge in [0.1, 0.15) is 12.2 Å². The second-order valence-electron chi connectivity index (χ2n) is 7.44. The van der Waals surface area contributed by atoms with Crippen LogP contribution in [0.2, 0.25) is 0 Å². The van der Waals surface area contributed by atoms with Crippen molar-refractivity contribution in [1.82, 2.24) is 10.6 Å². The van der Waals surface area contributed by atoms with E-state index in [1.165, 1.54) is 0 Å². The number of rotatable bonds is 8. The van der Waals surface area contributed by atoms with Gasteiger partial charge in [-0.2, -0.15) is 27.7 Å². The Balaban J connectivity index is 1.28. The van der Waals surface area contributed by atoms with Gasteiger partial charge < -0.3 is 10.6 Å². The fourth-order valence-corrected chi connectivity index (χ4v) is 6.90. The van der Waals surface area contributed by atoms with Crippen LogP contribution in [0.1, 0.15) is 20.7 Å². The van der Waals surface area contributed by atoms with Crippen LogP contribution in [-0.2, 0) is 19.7 Å². The fourth-order valence-electron chi connectivity index (χ4n) is 3.44. The molecule has 2 aromatic carbocycles. The minimum atomic E-state index is -1.99. The Kier molecular flexibility index (Phi) is 8.26. The normalized spacial score (nSPS) is 25.9. The summed E-state index contributed by atoms with van der Waals surface area (Å²) in [6.07, 6.45) is -0.833. The van der Waals surface area contributed by atoms with E-state index in [0.717, 1.165) is 0 Å². The van der Waals surface area contributed by atoms with Crippen LogP contribution in [0.15, 0.2) is 60.7 Å². The summed E-state index contributed by atoms with van der Waals surface area (Å²) in [6, 6.07) is 17.4. The first kappa shape index (κ1) is 23.3. The molecule has 7 nitrogen and oxygen atoms in total. The van der Waals surface area contributed by atoms with Gasteiger partial charge in [-0.1, -0.05) is 36.4 Å². The van der Waals surface area contributed by atoms with Gasteiger partial charge in [0.2, 0.25) is 0 Å². The van der Waals surface area contributed by atoms with E-state index in [2.05, 4.69) is 10.6 Å². The van der Waals surface area contributed by atoms with E-state index >= 15 is 0 Å². The monoisotopic (exact) mass is 492 g/mol. The van der Waals surface area contributed by atoms with E-state index in [-0.39, 0.29) is 23.9 Å². The summed E-state index contributed by atoms with van der Waals surface area (Å²) in [4.78, 5) is 24.9. The molecule has 2 aromatic rings. The van der Waals surface area contributed by atoms with Gasteiger partial charge in [0.15, 0.2) is 0 Å². The number of amides is 2. The lowest BCUT2D eigenvalue weighted by Crippen LogP contribution is -2.46. The average molecular weight is 493 g/mol. The summed E-state index contributed by atoms with van der Waals surface area (Å²) in [6.45, 7) is 0. The van der Waals surface area contributed by atoms with E-state index in [9.17, 15) is 13.8 Å². The molecular weight excluding hydrogens is 468 g/mol. The molecule has 2 heterocycles. The molecule has 2 amide bonds. The third-order valence-corrected chi connectivity index (χ3v) is 8.29. The zero-order valence-corrected chi connectivity index (χ0v) is 19.6. The molecule has 170 valence electrons. The van der Waals surface area contributed by atoms with Crippen molar-refractivity contribution < 1.29 is 22.2 Å². The maximum absolute atomic E-state index is 12.6. The zero-order chi connectivity index (χ0) is 22.3. The van der Waals surface area contributed by atoms with Gasteiger partial charge in [0, 0.05) is 34.1 Å². The molecule has 32 heavy (non-hydrogen) atoms. The Morgan fingerprint density at radius 1 is 0.719 bits per heavy atom. The molecule has 2 saturated heterocycles. The number of carbonyl (C=O) groups is 2. The van der Waals surface area contributed by atoms with Crippen LogP contribution in [0, 0.1) is 0 Å². The minimum Gasteiger partial charge on any atom is -0.346 e. The van der Waals surface area contributed by atoms with Crippen LogP contribution in [0.25, 0.3) is 0 Å². The predicted molar refractivity (Wildman–Crippen MR) is 128 cm³/mol. The molecular formula is C22H24N2O5S3. The Hall–Kier alpha value is -1.85. The minimum absolute atomic E-state index is 0.186. The molecule has 4 rings (SSSR count). The summed E-state index contributed by atoms with van der Waals surface area (Å²) >= 11 is 1.27. The van der Waals surface area contributed by atoms with Crippen molar-refractivity contribution in [3.05, 3.63) is 71.8 Å². The van der Waals surface area contributed by atoms with Crippen LogP contribution >= 0.6 is 23.5 Å². The number of hydrogen-bond acceptors (Lipinski definition) is 7. The highest BCUT2D eigenvalue weighted by Gasteiger charge is 2.36. The maximum Gasteiger partial charge on any atom is 0.305 e. The number of hydrogen-bond donors (Lipinski definition) is 2. The lowest BCUT2D eigenvalue weighted by atomic mass is 10.1. The molecule has 0 radical (unpaired) electrons. The third kappa shape index (κ3) is 6.14. The predicted octanol–water partition coefficient (Wildman–Crippen LogP) is 2.43. The summed E-state index contributed by atoms with van der Waals surface area (Å²) in [7, 11) is 0. The highest BCUT2D eigenvalue weighted by molar-refractivity contribution is 7.99. The Labute approximate surface area is 198 Å². The molecule has 10 heteroatoms. The first-order valence-corrected chi connectivity index (χ1v) is 13.5. The van der Waals surface area contributed by atoms with Crippen molar-refractivity contribution in [3.8, 4) is 0 Å². The van der Waals surface area contributed by atoms with Crippen molar-refractivity contribution in [2.45, 2.75) is 24.3 Å². The second-order valence-corrected chi connectivity index (χ2v) is 10.4. The van der Waals surface area contributed by atoms with Gasteiger partial charge in [-0.05, 0) is 24.3 Å². The summed E-state index contributed by atoms with van der Waals surface area (Å²) in [5.74, 6) is 2.21. The van der Waals surface area contributed by atoms with E-state index in [4.69, 9.17) is 8.37 Å². The van der Waals surface area contributed by atoms with Crippen LogP contribution in [0.5, 0.6) is 0 Å². The first-order valence-electron chi connectivity index (χ1n) is 10.2. The summed E-state index contributed by atoms with van der Waals surface area (Å²) < 4.78 is 23.9. The van der Waals surface area contributed by atoms with Gasteiger partial charge in [0.25, 0.3) is 11.8 Å². The molecule has 0 aliphatic carbocycles. The van der Waals surface area contributed by atoms with E-state index in [1.54, 1.807) is 47.8 Å². The smallest absolute Gasteiger partial charge is 0.305 e. The van der Waals surface area contributed by atoms with Gasteiger partial charge >= 0.3 is 11.4 Å². The molecule has 0 aromatic heterocycles. The molecule has 1 unspecified atom stereocenters. The quantitative estimate of drug-likeness (QED) is 0.585. The molecule has 2 aliphatic rings. The highest BCUT2D eigenvalue weighted by Crippen LogP contribution is 2.26. The molecule has 5 atom stereocenters. The molecule has 2 fully saturated rings.